The molecule has 0 bridgehead atoms. The fourth-order valence-electron chi connectivity index (χ4n) is 2.90. The Kier molecular flexibility index (Phi) is 7.05. The van der Waals surface area contributed by atoms with Crippen LogP contribution in [0.15, 0.2) is 34.8 Å². The smallest absolute Gasteiger partial charge is 0.199 e. The molecule has 0 unspecified atom stereocenters. The molecule has 0 saturated heterocycles. The Hall–Kier alpha value is -1.90. The highest BCUT2D eigenvalue weighted by molar-refractivity contribution is 6.30. The summed E-state index contributed by atoms with van der Waals surface area (Å²) >= 11 is 0. The van der Waals surface area contributed by atoms with Gasteiger partial charge >= 0.3 is 0 Å². The van der Waals surface area contributed by atoms with E-state index in [0.29, 0.717) is 16.7 Å². The second kappa shape index (κ2) is 9.29. The van der Waals surface area contributed by atoms with Crippen LogP contribution in [0.2, 0.25) is 0 Å². The number of hydrogen-bond acceptors (Lipinski definition) is 3. The van der Waals surface area contributed by atoms with E-state index in [2.05, 4.69) is 11.9 Å². The summed E-state index contributed by atoms with van der Waals surface area (Å²) in [5, 5.41) is 10.1. The molecule has 1 aliphatic carbocycles. The van der Waals surface area contributed by atoms with Crippen LogP contribution in [0, 0.1) is 0 Å². The van der Waals surface area contributed by atoms with Crippen molar-refractivity contribution in [1.29, 1.82) is 0 Å². The van der Waals surface area contributed by atoms with E-state index < -0.39 is 0 Å². The molecule has 124 valence electrons. The second-order valence-electron chi connectivity index (χ2n) is 6.15. The van der Waals surface area contributed by atoms with Crippen molar-refractivity contribution in [1.82, 2.24) is 0 Å². The molecule has 0 atom stereocenters. The number of benzene rings is 1. The summed E-state index contributed by atoms with van der Waals surface area (Å²) in [5.74, 6) is -0.0666. The van der Waals surface area contributed by atoms with E-state index in [4.69, 9.17) is 0 Å². The molecule has 3 nitrogen and oxygen atoms in total. The fourth-order valence-corrected chi connectivity index (χ4v) is 2.90. The van der Waals surface area contributed by atoms with Gasteiger partial charge in [0.25, 0.3) is 0 Å². The van der Waals surface area contributed by atoms with Gasteiger partial charge in [-0.15, -0.1) is 0 Å². The molecule has 1 aliphatic rings. The predicted octanol–water partition coefficient (Wildman–Crippen LogP) is 5.36. The van der Waals surface area contributed by atoms with Crippen LogP contribution in [0.5, 0.6) is 0 Å². The van der Waals surface area contributed by atoms with Crippen LogP contribution in [-0.2, 0) is 0 Å². The molecular weight excluding hydrogens is 286 g/mol. The van der Waals surface area contributed by atoms with Gasteiger partial charge < -0.3 is 5.11 Å². The molecule has 1 aromatic rings. The number of carbonyl (C=O) groups excluding carboxylic acids is 1. The summed E-state index contributed by atoms with van der Waals surface area (Å²) < 4.78 is 0. The predicted molar refractivity (Wildman–Crippen MR) is 96.3 cm³/mol. The number of aliphatic imine (C=N–C) groups is 1. The van der Waals surface area contributed by atoms with Crippen molar-refractivity contribution in [2.45, 2.75) is 58.3 Å². The molecule has 0 spiro atoms. The number of Topliss-reactive ketones (excluding diaryl/α,β-unsaturated/α-hetero) is 1. The maximum atomic E-state index is 12.2. The van der Waals surface area contributed by atoms with Gasteiger partial charge in [0.05, 0.1) is 5.57 Å². The number of fused-ring (bicyclic) bond motifs is 1. The zero-order valence-electron chi connectivity index (χ0n) is 14.1. The van der Waals surface area contributed by atoms with Gasteiger partial charge in [-0.05, 0) is 6.42 Å². The summed E-state index contributed by atoms with van der Waals surface area (Å²) in [7, 11) is 0. The fraction of sp³-hybridized carbons (Fsp3) is 0.500. The first kappa shape index (κ1) is 17.5. The van der Waals surface area contributed by atoms with Crippen molar-refractivity contribution >= 4 is 17.8 Å². The average Bonchev–Trinajstić information content (AvgIpc) is 2.81. The van der Waals surface area contributed by atoms with Gasteiger partial charge in [-0.1, -0.05) is 76.1 Å². The first-order valence-electron chi connectivity index (χ1n) is 8.83. The third-order valence-electron chi connectivity index (χ3n) is 4.29. The number of carbonyl (C=O) groups is 1. The molecular formula is C20H27NO2. The topological polar surface area (TPSA) is 49.7 Å². The van der Waals surface area contributed by atoms with E-state index >= 15 is 0 Å². The normalized spacial score (nSPS) is 14.0. The Morgan fingerprint density at radius 3 is 2.22 bits per heavy atom. The lowest BCUT2D eigenvalue weighted by Gasteiger charge is -2.00. The van der Waals surface area contributed by atoms with Crippen molar-refractivity contribution in [3.05, 3.63) is 41.0 Å². The number of aliphatic hydroxyl groups excluding tert-OH is 1. The average molecular weight is 313 g/mol. The molecule has 1 aromatic carbocycles. The monoisotopic (exact) mass is 313 g/mol. The summed E-state index contributed by atoms with van der Waals surface area (Å²) in [6, 6.07) is 7.14. The highest BCUT2D eigenvalue weighted by Crippen LogP contribution is 2.29. The standard InChI is InChI=1S/C20H27NO2/c1-2-3-4-5-6-7-8-11-14-21-15-18-19(22)16-12-9-10-13-17(16)20(18)23/h9-10,12-13,15,22H,2-8,11,14H2,1H3. The van der Waals surface area contributed by atoms with Gasteiger partial charge in [0.2, 0.25) is 0 Å². The van der Waals surface area contributed by atoms with E-state index in [1.165, 1.54) is 44.9 Å². The molecule has 2 rings (SSSR count). The van der Waals surface area contributed by atoms with Crippen molar-refractivity contribution in [3.63, 3.8) is 0 Å². The molecule has 0 saturated carbocycles. The van der Waals surface area contributed by atoms with Crippen molar-refractivity contribution in [3.8, 4) is 0 Å². The number of ketones is 1. The Morgan fingerprint density at radius 2 is 1.57 bits per heavy atom. The van der Waals surface area contributed by atoms with Crippen LogP contribution < -0.4 is 0 Å². The third kappa shape index (κ3) is 4.78. The van der Waals surface area contributed by atoms with Crippen LogP contribution >= 0.6 is 0 Å². The van der Waals surface area contributed by atoms with Crippen LogP contribution in [-0.4, -0.2) is 23.6 Å². The number of aliphatic hydroxyl groups is 1. The maximum Gasteiger partial charge on any atom is 0.199 e. The molecule has 0 radical (unpaired) electrons. The van der Waals surface area contributed by atoms with Crippen LogP contribution in [0.4, 0.5) is 0 Å². The lowest BCUT2D eigenvalue weighted by molar-refractivity contribution is 0.104. The van der Waals surface area contributed by atoms with Gasteiger partial charge in [0.15, 0.2) is 5.78 Å². The summed E-state index contributed by atoms with van der Waals surface area (Å²) in [5.41, 5.74) is 1.51. The lowest BCUT2D eigenvalue weighted by atomic mass is 10.1. The minimum atomic E-state index is -0.127. The van der Waals surface area contributed by atoms with E-state index in [1.54, 1.807) is 18.3 Å². The Morgan fingerprint density at radius 1 is 0.957 bits per heavy atom. The molecule has 0 aromatic heterocycles. The van der Waals surface area contributed by atoms with Gasteiger partial charge in [-0.3, -0.25) is 9.79 Å². The molecule has 0 heterocycles. The van der Waals surface area contributed by atoms with E-state index in [1.807, 2.05) is 12.1 Å². The number of unbranched alkanes of at least 4 members (excludes halogenated alkanes) is 7. The van der Waals surface area contributed by atoms with Gasteiger partial charge in [-0.25, -0.2) is 0 Å². The van der Waals surface area contributed by atoms with Crippen molar-refractivity contribution in [2.24, 2.45) is 4.99 Å². The summed E-state index contributed by atoms with van der Waals surface area (Å²) in [6.45, 7) is 2.95. The van der Waals surface area contributed by atoms with E-state index in [-0.39, 0.29) is 11.5 Å². The number of nitrogens with zero attached hydrogens (tertiary/aromatic N) is 1. The number of rotatable bonds is 10. The first-order chi connectivity index (χ1) is 11.3. The highest BCUT2D eigenvalue weighted by Gasteiger charge is 2.27. The quantitative estimate of drug-likeness (QED) is 0.466. The summed E-state index contributed by atoms with van der Waals surface area (Å²) in [6.07, 6.45) is 11.7. The minimum absolute atomic E-state index is 0.0604. The zero-order valence-corrected chi connectivity index (χ0v) is 14.1. The van der Waals surface area contributed by atoms with Gasteiger partial charge in [0, 0.05) is 23.9 Å². The van der Waals surface area contributed by atoms with E-state index in [9.17, 15) is 9.90 Å². The molecule has 0 amide bonds. The van der Waals surface area contributed by atoms with E-state index in [0.717, 1.165) is 13.0 Å². The van der Waals surface area contributed by atoms with Crippen LogP contribution in [0.25, 0.3) is 5.76 Å². The maximum absolute atomic E-state index is 12.2. The van der Waals surface area contributed by atoms with Crippen molar-refractivity contribution < 1.29 is 9.90 Å². The Balaban J connectivity index is 1.69. The zero-order chi connectivity index (χ0) is 16.5. The summed E-state index contributed by atoms with van der Waals surface area (Å²) in [4.78, 5) is 16.5. The van der Waals surface area contributed by atoms with Gasteiger partial charge in [0.1, 0.15) is 5.76 Å². The Labute approximate surface area is 139 Å². The van der Waals surface area contributed by atoms with Crippen LogP contribution in [0.1, 0.15) is 74.2 Å². The lowest BCUT2D eigenvalue weighted by Crippen LogP contribution is -2.00. The molecule has 0 aliphatic heterocycles. The van der Waals surface area contributed by atoms with Crippen LogP contribution in [0.3, 0.4) is 0 Å². The SMILES string of the molecule is CCCCCCCCCCN=CC1=C(O)c2ccccc2C1=O. The third-order valence-corrected chi connectivity index (χ3v) is 4.29. The molecule has 23 heavy (non-hydrogen) atoms. The second-order valence-corrected chi connectivity index (χ2v) is 6.15. The largest absolute Gasteiger partial charge is 0.506 e. The molecule has 3 heteroatoms. The van der Waals surface area contributed by atoms with Gasteiger partial charge in [-0.2, -0.15) is 0 Å². The first-order valence-corrected chi connectivity index (χ1v) is 8.83. The highest BCUT2D eigenvalue weighted by atomic mass is 16.3. The number of allylic oxidation sites excluding steroid dienone is 1. The molecule has 0 fully saturated rings. The minimum Gasteiger partial charge on any atom is -0.506 e. The molecule has 1 N–H and O–H groups in total. The Bertz CT molecular complexity index is 587. The number of hydrogen-bond donors (Lipinski definition) is 1. The van der Waals surface area contributed by atoms with Crippen molar-refractivity contribution in [2.75, 3.05) is 6.54 Å².